The van der Waals surface area contributed by atoms with Gasteiger partial charge in [0.05, 0.1) is 11.4 Å². The standard InChI is InChI=1S/C24H20N2O2S/c1-15-6-9-17(21(27)12-16-7-8-16)14-20(15)26-24(28)23-11-10-22(29-23)18-4-3-5-19(13-18)25-2/h3-6,9-11,13-14,16H,7-8,12H2,1H3,(H,26,28). The zero-order chi connectivity index (χ0) is 20.4. The summed E-state index contributed by atoms with van der Waals surface area (Å²) in [4.78, 5) is 30.1. The molecule has 1 aliphatic carbocycles. The van der Waals surface area contributed by atoms with E-state index in [4.69, 9.17) is 6.57 Å². The normalized spacial score (nSPS) is 13.0. The van der Waals surface area contributed by atoms with Crippen LogP contribution in [0.3, 0.4) is 0 Å². The van der Waals surface area contributed by atoms with Crippen molar-refractivity contribution in [2.45, 2.75) is 26.2 Å². The molecule has 1 aliphatic rings. The third-order valence-electron chi connectivity index (χ3n) is 5.07. The maximum atomic E-state index is 12.8. The van der Waals surface area contributed by atoms with Crippen LogP contribution >= 0.6 is 11.3 Å². The maximum absolute atomic E-state index is 12.8. The van der Waals surface area contributed by atoms with Gasteiger partial charge < -0.3 is 5.32 Å². The van der Waals surface area contributed by atoms with Gasteiger partial charge in [-0.15, -0.1) is 11.3 Å². The van der Waals surface area contributed by atoms with Crippen LogP contribution < -0.4 is 5.32 Å². The first-order valence-electron chi connectivity index (χ1n) is 9.56. The van der Waals surface area contributed by atoms with Gasteiger partial charge in [0, 0.05) is 22.5 Å². The lowest BCUT2D eigenvalue weighted by Crippen LogP contribution is -2.12. The van der Waals surface area contributed by atoms with Crippen LogP contribution in [0.2, 0.25) is 0 Å². The third-order valence-corrected chi connectivity index (χ3v) is 6.20. The monoisotopic (exact) mass is 400 g/mol. The molecule has 5 heteroatoms. The van der Waals surface area contributed by atoms with E-state index in [-0.39, 0.29) is 11.7 Å². The SMILES string of the molecule is [C-]#[N+]c1cccc(-c2ccc(C(=O)Nc3cc(C(=O)CC4CC4)ccc3C)s2)c1. The number of nitrogens with one attached hydrogen (secondary N) is 1. The van der Waals surface area contributed by atoms with E-state index in [9.17, 15) is 9.59 Å². The number of amides is 1. The van der Waals surface area contributed by atoms with E-state index in [0.29, 0.717) is 34.2 Å². The number of carbonyl (C=O) groups excluding carboxylic acids is 2. The molecule has 4 rings (SSSR count). The molecule has 1 amide bonds. The molecule has 0 spiro atoms. The van der Waals surface area contributed by atoms with Gasteiger partial charge in [-0.25, -0.2) is 4.85 Å². The van der Waals surface area contributed by atoms with E-state index in [2.05, 4.69) is 10.2 Å². The highest BCUT2D eigenvalue weighted by atomic mass is 32.1. The number of Topliss-reactive ketones (excluding diaryl/α,β-unsaturated/α-hetero) is 1. The first-order valence-corrected chi connectivity index (χ1v) is 10.4. The molecule has 0 bridgehead atoms. The second-order valence-corrected chi connectivity index (χ2v) is 8.46. The van der Waals surface area contributed by atoms with Gasteiger partial charge in [-0.1, -0.05) is 30.3 Å². The van der Waals surface area contributed by atoms with Crippen LogP contribution in [0.25, 0.3) is 15.3 Å². The number of anilines is 1. The molecule has 29 heavy (non-hydrogen) atoms. The van der Waals surface area contributed by atoms with Crippen LogP contribution in [0.4, 0.5) is 11.4 Å². The predicted octanol–water partition coefficient (Wildman–Crippen LogP) is 6.51. The summed E-state index contributed by atoms with van der Waals surface area (Å²) in [6.45, 7) is 9.07. The minimum atomic E-state index is -0.197. The molecule has 0 unspecified atom stereocenters. The maximum Gasteiger partial charge on any atom is 0.265 e. The average Bonchev–Trinajstić information content (AvgIpc) is 3.40. The Kier molecular flexibility index (Phi) is 5.28. The highest BCUT2D eigenvalue weighted by Gasteiger charge is 2.25. The van der Waals surface area contributed by atoms with Crippen LogP contribution in [-0.2, 0) is 0 Å². The van der Waals surface area contributed by atoms with Crippen LogP contribution in [0.15, 0.2) is 54.6 Å². The van der Waals surface area contributed by atoms with Gasteiger partial charge in [0.1, 0.15) is 0 Å². The molecule has 1 heterocycles. The Morgan fingerprint density at radius 1 is 1.14 bits per heavy atom. The van der Waals surface area contributed by atoms with Gasteiger partial charge in [0.15, 0.2) is 11.5 Å². The largest absolute Gasteiger partial charge is 0.321 e. The van der Waals surface area contributed by atoms with Gasteiger partial charge in [-0.3, -0.25) is 9.59 Å². The Balaban J connectivity index is 1.51. The number of aryl methyl sites for hydroxylation is 1. The van der Waals surface area contributed by atoms with Crippen molar-refractivity contribution in [3.8, 4) is 10.4 Å². The van der Waals surface area contributed by atoms with Gasteiger partial charge in [-0.05, 0) is 61.1 Å². The Labute approximate surface area is 174 Å². The van der Waals surface area contributed by atoms with Crippen molar-refractivity contribution >= 4 is 34.4 Å². The van der Waals surface area contributed by atoms with Gasteiger partial charge in [0.25, 0.3) is 5.91 Å². The molecule has 0 saturated heterocycles. The molecular formula is C24H20N2O2S. The zero-order valence-corrected chi connectivity index (χ0v) is 16.9. The fourth-order valence-electron chi connectivity index (χ4n) is 3.16. The molecule has 4 nitrogen and oxygen atoms in total. The van der Waals surface area contributed by atoms with Gasteiger partial charge in [-0.2, -0.15) is 0 Å². The van der Waals surface area contributed by atoms with Crippen LogP contribution in [-0.4, -0.2) is 11.7 Å². The first kappa shape index (κ1) is 19.1. The molecule has 1 aromatic heterocycles. The summed E-state index contributed by atoms with van der Waals surface area (Å²) in [5.41, 5.74) is 3.74. The minimum absolute atomic E-state index is 0.140. The second kappa shape index (κ2) is 8.02. The van der Waals surface area contributed by atoms with E-state index in [1.807, 2.05) is 43.3 Å². The summed E-state index contributed by atoms with van der Waals surface area (Å²) in [7, 11) is 0. The van der Waals surface area contributed by atoms with Crippen molar-refractivity contribution < 1.29 is 9.59 Å². The second-order valence-electron chi connectivity index (χ2n) is 7.38. The molecule has 0 radical (unpaired) electrons. The van der Waals surface area contributed by atoms with E-state index < -0.39 is 0 Å². The number of thiophene rings is 1. The van der Waals surface area contributed by atoms with E-state index in [1.54, 1.807) is 18.2 Å². The number of hydrogen-bond donors (Lipinski definition) is 1. The van der Waals surface area contributed by atoms with Crippen molar-refractivity contribution in [3.63, 3.8) is 0 Å². The Bertz CT molecular complexity index is 1140. The number of nitrogens with zero attached hydrogens (tertiary/aromatic N) is 1. The number of benzene rings is 2. The fraction of sp³-hybridized carbons (Fsp3) is 0.208. The molecule has 2 aromatic carbocycles. The third kappa shape index (κ3) is 4.44. The van der Waals surface area contributed by atoms with Gasteiger partial charge >= 0.3 is 0 Å². The minimum Gasteiger partial charge on any atom is -0.321 e. The molecule has 1 saturated carbocycles. The van der Waals surface area contributed by atoms with Gasteiger partial charge in [0.2, 0.25) is 0 Å². The lowest BCUT2D eigenvalue weighted by atomic mass is 10.0. The molecule has 144 valence electrons. The zero-order valence-electron chi connectivity index (χ0n) is 16.1. The summed E-state index contributed by atoms with van der Waals surface area (Å²) in [6.07, 6.45) is 2.87. The van der Waals surface area contributed by atoms with E-state index in [1.165, 1.54) is 11.3 Å². The predicted molar refractivity (Wildman–Crippen MR) is 117 cm³/mol. The topological polar surface area (TPSA) is 50.5 Å². The quantitative estimate of drug-likeness (QED) is 0.379. The number of ketones is 1. The Morgan fingerprint density at radius 2 is 1.97 bits per heavy atom. The highest BCUT2D eigenvalue weighted by molar-refractivity contribution is 7.17. The molecule has 0 atom stereocenters. The molecular weight excluding hydrogens is 380 g/mol. The van der Waals surface area contributed by atoms with Crippen molar-refractivity contribution in [1.82, 2.24) is 0 Å². The van der Waals surface area contributed by atoms with E-state index >= 15 is 0 Å². The molecule has 3 aromatic rings. The van der Waals surface area contributed by atoms with Crippen molar-refractivity contribution in [3.05, 3.63) is 82.0 Å². The molecule has 0 aliphatic heterocycles. The highest BCUT2D eigenvalue weighted by Crippen LogP contribution is 2.34. The smallest absolute Gasteiger partial charge is 0.265 e. The number of carbonyl (C=O) groups is 2. The molecule has 1 fully saturated rings. The fourth-order valence-corrected chi connectivity index (χ4v) is 4.06. The summed E-state index contributed by atoms with van der Waals surface area (Å²) >= 11 is 1.38. The van der Waals surface area contributed by atoms with Crippen molar-refractivity contribution in [1.29, 1.82) is 0 Å². The van der Waals surface area contributed by atoms with E-state index in [0.717, 1.165) is 28.8 Å². The first-order chi connectivity index (χ1) is 14.0. The van der Waals surface area contributed by atoms with Crippen LogP contribution in [0, 0.1) is 19.4 Å². The average molecular weight is 401 g/mol. The number of hydrogen-bond acceptors (Lipinski definition) is 3. The Hall–Kier alpha value is -3.23. The summed E-state index contributed by atoms with van der Waals surface area (Å²) < 4.78 is 0. The summed E-state index contributed by atoms with van der Waals surface area (Å²) in [5.74, 6) is 0.478. The number of rotatable bonds is 6. The van der Waals surface area contributed by atoms with Crippen molar-refractivity contribution in [2.24, 2.45) is 5.92 Å². The van der Waals surface area contributed by atoms with Crippen molar-refractivity contribution in [2.75, 3.05) is 5.32 Å². The summed E-state index contributed by atoms with van der Waals surface area (Å²) in [5, 5.41) is 2.95. The lowest BCUT2D eigenvalue weighted by molar-refractivity contribution is 0.0974. The molecule has 1 N–H and O–H groups in total. The van der Waals surface area contributed by atoms with Crippen LogP contribution in [0.5, 0.6) is 0 Å². The summed E-state index contributed by atoms with van der Waals surface area (Å²) in [6, 6.07) is 16.5. The lowest BCUT2D eigenvalue weighted by Gasteiger charge is -2.10. The van der Waals surface area contributed by atoms with Crippen LogP contribution in [0.1, 0.15) is 44.9 Å². The Morgan fingerprint density at radius 3 is 2.72 bits per heavy atom.